The number of nitrogens with zero attached hydrogens (tertiary/aromatic N) is 1. The third-order valence-electron chi connectivity index (χ3n) is 5.94. The standard InChI is InChI=1S/C28H29NO/c1-27(2,3)29(21-22-13-5-4-6-14-22)20-12-11-19-28(30)25-17-9-7-15-23(25)24-16-8-10-18-26(24)28/h4-10,13-18,30H,19-21H2,1-3H3. The number of hydrogen-bond donors (Lipinski definition) is 1. The third-order valence-corrected chi connectivity index (χ3v) is 5.94. The van der Waals surface area contributed by atoms with Crippen LogP contribution < -0.4 is 0 Å². The van der Waals surface area contributed by atoms with Gasteiger partial charge in [-0.05, 0) is 48.6 Å². The second-order valence-corrected chi connectivity index (χ2v) is 8.99. The summed E-state index contributed by atoms with van der Waals surface area (Å²) in [5, 5.41) is 11.6. The highest BCUT2D eigenvalue weighted by atomic mass is 16.3. The van der Waals surface area contributed by atoms with Crippen LogP contribution >= 0.6 is 0 Å². The van der Waals surface area contributed by atoms with Gasteiger partial charge in [0.1, 0.15) is 5.60 Å². The molecule has 0 heterocycles. The molecule has 1 aliphatic carbocycles. The molecule has 0 bridgehead atoms. The van der Waals surface area contributed by atoms with Crippen LogP contribution in [-0.2, 0) is 12.1 Å². The van der Waals surface area contributed by atoms with Crippen LogP contribution in [0.2, 0.25) is 0 Å². The van der Waals surface area contributed by atoms with Gasteiger partial charge in [-0.15, -0.1) is 0 Å². The van der Waals surface area contributed by atoms with Crippen LogP contribution in [0.4, 0.5) is 0 Å². The first kappa shape index (κ1) is 20.4. The summed E-state index contributed by atoms with van der Waals surface area (Å²) in [7, 11) is 0. The molecule has 3 aromatic rings. The molecule has 30 heavy (non-hydrogen) atoms. The lowest BCUT2D eigenvalue weighted by Gasteiger charge is -2.34. The SMILES string of the molecule is CC(C)(C)N(CC#CCC1(O)c2ccccc2-c2ccccc21)Cc1ccccc1. The Morgan fingerprint density at radius 2 is 1.30 bits per heavy atom. The van der Waals surface area contributed by atoms with Crippen molar-refractivity contribution >= 4 is 0 Å². The second-order valence-electron chi connectivity index (χ2n) is 8.99. The zero-order valence-electron chi connectivity index (χ0n) is 18.0. The molecular weight excluding hydrogens is 366 g/mol. The minimum Gasteiger partial charge on any atom is -0.379 e. The Morgan fingerprint density at radius 1 is 0.767 bits per heavy atom. The summed E-state index contributed by atoms with van der Waals surface area (Å²) in [6.07, 6.45) is 0.393. The summed E-state index contributed by atoms with van der Waals surface area (Å²) in [4.78, 5) is 2.37. The lowest BCUT2D eigenvalue weighted by molar-refractivity contribution is 0.0913. The van der Waals surface area contributed by atoms with Crippen LogP contribution in [-0.4, -0.2) is 22.1 Å². The number of benzene rings is 3. The van der Waals surface area contributed by atoms with Crippen molar-refractivity contribution in [3.63, 3.8) is 0 Å². The van der Waals surface area contributed by atoms with Crippen molar-refractivity contribution < 1.29 is 5.11 Å². The van der Waals surface area contributed by atoms with Gasteiger partial charge in [0.25, 0.3) is 0 Å². The Labute approximate surface area is 180 Å². The molecule has 2 heteroatoms. The zero-order valence-corrected chi connectivity index (χ0v) is 18.0. The highest BCUT2D eigenvalue weighted by Crippen LogP contribution is 2.48. The summed E-state index contributed by atoms with van der Waals surface area (Å²) in [5.41, 5.74) is 4.37. The van der Waals surface area contributed by atoms with Crippen molar-refractivity contribution in [2.24, 2.45) is 0 Å². The van der Waals surface area contributed by atoms with Crippen molar-refractivity contribution in [3.05, 3.63) is 95.6 Å². The van der Waals surface area contributed by atoms with E-state index in [1.807, 2.05) is 42.5 Å². The molecule has 0 aromatic heterocycles. The minimum absolute atomic E-state index is 0.00792. The van der Waals surface area contributed by atoms with Crippen molar-refractivity contribution in [2.75, 3.05) is 6.54 Å². The van der Waals surface area contributed by atoms with E-state index in [4.69, 9.17) is 0 Å². The van der Waals surface area contributed by atoms with Crippen LogP contribution in [0, 0.1) is 11.8 Å². The maximum absolute atomic E-state index is 11.6. The number of rotatable bonds is 4. The highest BCUT2D eigenvalue weighted by Gasteiger charge is 2.40. The number of fused-ring (bicyclic) bond motifs is 3. The number of hydrogen-bond acceptors (Lipinski definition) is 2. The normalized spacial score (nSPS) is 14.0. The van der Waals surface area contributed by atoms with Gasteiger partial charge >= 0.3 is 0 Å². The van der Waals surface area contributed by atoms with Crippen molar-refractivity contribution in [1.29, 1.82) is 0 Å². The predicted octanol–water partition coefficient (Wildman–Crippen LogP) is 5.60. The molecule has 0 unspecified atom stereocenters. The van der Waals surface area contributed by atoms with Crippen LogP contribution in [0.3, 0.4) is 0 Å². The van der Waals surface area contributed by atoms with E-state index in [0.717, 1.165) is 28.8 Å². The van der Waals surface area contributed by atoms with Gasteiger partial charge < -0.3 is 5.11 Å². The topological polar surface area (TPSA) is 23.5 Å². The average Bonchev–Trinajstić information content (AvgIpc) is 3.00. The number of aliphatic hydroxyl groups is 1. The molecule has 2 nitrogen and oxygen atoms in total. The molecule has 3 aromatic carbocycles. The van der Waals surface area contributed by atoms with Crippen molar-refractivity contribution in [1.82, 2.24) is 4.90 Å². The Balaban J connectivity index is 1.55. The Bertz CT molecular complexity index is 1040. The maximum Gasteiger partial charge on any atom is 0.127 e. The van der Waals surface area contributed by atoms with E-state index in [-0.39, 0.29) is 5.54 Å². The van der Waals surface area contributed by atoms with Crippen molar-refractivity contribution in [3.8, 4) is 23.0 Å². The van der Waals surface area contributed by atoms with Crippen LogP contribution in [0.25, 0.3) is 11.1 Å². The first-order chi connectivity index (χ1) is 14.4. The molecule has 1 aliphatic rings. The summed E-state index contributed by atoms with van der Waals surface area (Å²) in [6.45, 7) is 8.17. The zero-order chi connectivity index (χ0) is 21.2. The van der Waals surface area contributed by atoms with Crippen molar-refractivity contribution in [2.45, 2.75) is 44.9 Å². The predicted molar refractivity (Wildman–Crippen MR) is 124 cm³/mol. The minimum atomic E-state index is -1.05. The van der Waals surface area contributed by atoms with Gasteiger partial charge in [-0.1, -0.05) is 90.7 Å². The van der Waals surface area contributed by atoms with Gasteiger partial charge in [0.15, 0.2) is 0 Å². The smallest absolute Gasteiger partial charge is 0.127 e. The highest BCUT2D eigenvalue weighted by molar-refractivity contribution is 5.80. The molecule has 0 atom stereocenters. The molecule has 0 saturated carbocycles. The fourth-order valence-corrected chi connectivity index (χ4v) is 4.17. The fourth-order valence-electron chi connectivity index (χ4n) is 4.17. The van der Waals surface area contributed by atoms with Gasteiger partial charge in [0, 0.05) is 18.5 Å². The maximum atomic E-state index is 11.6. The average molecular weight is 396 g/mol. The van der Waals surface area contributed by atoms with E-state index < -0.39 is 5.60 Å². The molecule has 0 saturated heterocycles. The van der Waals surface area contributed by atoms with Gasteiger partial charge in [-0.2, -0.15) is 0 Å². The van der Waals surface area contributed by atoms with Gasteiger partial charge in [-0.25, -0.2) is 0 Å². The summed E-state index contributed by atoms with van der Waals surface area (Å²) >= 11 is 0. The van der Waals surface area contributed by atoms with E-state index in [2.05, 4.69) is 73.9 Å². The Hall–Kier alpha value is -2.86. The van der Waals surface area contributed by atoms with Gasteiger partial charge in [0.05, 0.1) is 6.54 Å². The van der Waals surface area contributed by atoms with E-state index in [1.54, 1.807) is 0 Å². The van der Waals surface area contributed by atoms with E-state index in [9.17, 15) is 5.11 Å². The van der Waals surface area contributed by atoms with Gasteiger partial charge in [0.2, 0.25) is 0 Å². The van der Waals surface area contributed by atoms with Crippen LogP contribution in [0.5, 0.6) is 0 Å². The Morgan fingerprint density at radius 3 is 1.87 bits per heavy atom. The molecule has 0 radical (unpaired) electrons. The third kappa shape index (κ3) is 3.92. The lowest BCUT2D eigenvalue weighted by atomic mass is 9.88. The molecule has 0 aliphatic heterocycles. The summed E-state index contributed by atoms with van der Waals surface area (Å²) in [5.74, 6) is 6.64. The fraction of sp³-hybridized carbons (Fsp3) is 0.286. The first-order valence-corrected chi connectivity index (χ1v) is 10.6. The van der Waals surface area contributed by atoms with E-state index in [1.165, 1.54) is 5.56 Å². The summed E-state index contributed by atoms with van der Waals surface area (Å²) < 4.78 is 0. The van der Waals surface area contributed by atoms with Crippen LogP contribution in [0.1, 0.15) is 43.9 Å². The van der Waals surface area contributed by atoms with Crippen LogP contribution in [0.15, 0.2) is 78.9 Å². The van der Waals surface area contributed by atoms with E-state index in [0.29, 0.717) is 13.0 Å². The molecule has 0 fully saturated rings. The second kappa shape index (κ2) is 8.11. The quantitative estimate of drug-likeness (QED) is 0.582. The lowest BCUT2D eigenvalue weighted by Crippen LogP contribution is -2.41. The molecule has 0 spiro atoms. The molecular formula is C28H29NO. The summed E-state index contributed by atoms with van der Waals surface area (Å²) in [6, 6.07) is 26.7. The van der Waals surface area contributed by atoms with E-state index >= 15 is 0 Å². The monoisotopic (exact) mass is 395 g/mol. The Kier molecular flexibility index (Phi) is 5.52. The molecule has 0 amide bonds. The largest absolute Gasteiger partial charge is 0.379 e. The first-order valence-electron chi connectivity index (χ1n) is 10.6. The molecule has 1 N–H and O–H groups in total. The molecule has 152 valence electrons. The van der Waals surface area contributed by atoms with Gasteiger partial charge in [-0.3, -0.25) is 4.90 Å². The molecule has 4 rings (SSSR count).